The van der Waals surface area contributed by atoms with E-state index in [2.05, 4.69) is 10.1 Å². The van der Waals surface area contributed by atoms with Crippen molar-refractivity contribution in [1.82, 2.24) is 14.8 Å². The number of hydrogen-bond donors (Lipinski definition) is 1. The number of halogens is 1. The molecule has 1 aromatic carbocycles. The number of pyridine rings is 1. The average molecular weight is 285 g/mol. The number of carbonyl (C=O) groups is 1. The molecule has 0 unspecified atom stereocenters. The quantitative estimate of drug-likeness (QED) is 0.803. The third-order valence-electron chi connectivity index (χ3n) is 3.27. The summed E-state index contributed by atoms with van der Waals surface area (Å²) in [5.74, 6) is -1.66. The lowest BCUT2D eigenvalue weighted by molar-refractivity contribution is 0.0699. The molecule has 0 bridgehead atoms. The lowest BCUT2D eigenvalue weighted by Crippen LogP contribution is -2.01. The summed E-state index contributed by atoms with van der Waals surface area (Å²) in [6.07, 6.45) is 3.34. The van der Waals surface area contributed by atoms with E-state index < -0.39 is 11.8 Å². The molecule has 106 valence electrons. The van der Waals surface area contributed by atoms with E-state index >= 15 is 0 Å². The normalized spacial score (nSPS) is 11.0. The van der Waals surface area contributed by atoms with Crippen LogP contribution < -0.4 is 0 Å². The van der Waals surface area contributed by atoms with E-state index in [0.29, 0.717) is 17.8 Å². The summed E-state index contributed by atoms with van der Waals surface area (Å²) < 4.78 is 15.6. The highest BCUT2D eigenvalue weighted by Gasteiger charge is 2.15. The second kappa shape index (κ2) is 4.97. The van der Waals surface area contributed by atoms with Crippen molar-refractivity contribution in [2.75, 3.05) is 0 Å². The highest BCUT2D eigenvalue weighted by atomic mass is 19.1. The number of carboxylic acid groups (broad SMARTS) is 1. The Morgan fingerprint density at radius 3 is 2.90 bits per heavy atom. The predicted molar refractivity (Wildman–Crippen MR) is 75.6 cm³/mol. The van der Waals surface area contributed by atoms with E-state index in [-0.39, 0.29) is 16.5 Å². The maximum Gasteiger partial charge on any atom is 0.336 e. The van der Waals surface area contributed by atoms with Crippen molar-refractivity contribution >= 4 is 16.9 Å². The largest absolute Gasteiger partial charge is 0.478 e. The molecule has 0 spiro atoms. The summed E-state index contributed by atoms with van der Waals surface area (Å²) in [5.41, 5.74) is 1.13. The molecule has 21 heavy (non-hydrogen) atoms. The van der Waals surface area contributed by atoms with Crippen molar-refractivity contribution < 1.29 is 14.3 Å². The van der Waals surface area contributed by atoms with E-state index in [1.165, 1.54) is 18.2 Å². The van der Waals surface area contributed by atoms with Crippen molar-refractivity contribution in [3.05, 3.63) is 48.0 Å². The fraction of sp³-hybridized carbons (Fsp3) is 0.133. The van der Waals surface area contributed by atoms with Crippen LogP contribution in [0.15, 0.2) is 36.7 Å². The SMILES string of the molecule is CCn1cc(-c2cc(C(=O)O)c3cccc(F)c3n2)cn1. The maximum atomic E-state index is 13.9. The molecule has 2 aromatic heterocycles. The van der Waals surface area contributed by atoms with Gasteiger partial charge in [-0.15, -0.1) is 0 Å². The number of fused-ring (bicyclic) bond motifs is 1. The number of carboxylic acids is 1. The van der Waals surface area contributed by atoms with Gasteiger partial charge in [0.15, 0.2) is 0 Å². The first kappa shape index (κ1) is 13.2. The highest BCUT2D eigenvalue weighted by Crippen LogP contribution is 2.26. The van der Waals surface area contributed by atoms with Crippen molar-refractivity contribution in [3.63, 3.8) is 0 Å². The van der Waals surface area contributed by atoms with Gasteiger partial charge in [-0.2, -0.15) is 5.10 Å². The Labute approximate surface area is 119 Å². The van der Waals surface area contributed by atoms with Gasteiger partial charge in [0.1, 0.15) is 11.3 Å². The molecule has 0 aliphatic heterocycles. The first-order valence-corrected chi connectivity index (χ1v) is 6.45. The summed E-state index contributed by atoms with van der Waals surface area (Å²) in [5, 5.41) is 13.7. The van der Waals surface area contributed by atoms with E-state index in [0.717, 1.165) is 0 Å². The van der Waals surface area contributed by atoms with Gasteiger partial charge in [-0.25, -0.2) is 14.2 Å². The smallest absolute Gasteiger partial charge is 0.336 e. The molecule has 0 aliphatic carbocycles. The van der Waals surface area contributed by atoms with Crippen LogP contribution in [0.25, 0.3) is 22.2 Å². The molecule has 0 amide bonds. The number of rotatable bonds is 3. The van der Waals surface area contributed by atoms with Crippen LogP contribution in [-0.4, -0.2) is 25.8 Å². The van der Waals surface area contributed by atoms with Gasteiger partial charge in [-0.1, -0.05) is 12.1 Å². The van der Waals surface area contributed by atoms with Gasteiger partial charge in [-0.3, -0.25) is 4.68 Å². The molecule has 0 aliphatic rings. The molecule has 0 fully saturated rings. The zero-order valence-electron chi connectivity index (χ0n) is 11.2. The summed E-state index contributed by atoms with van der Waals surface area (Å²) in [7, 11) is 0. The first-order chi connectivity index (χ1) is 10.1. The van der Waals surface area contributed by atoms with Gasteiger partial charge in [0.25, 0.3) is 0 Å². The van der Waals surface area contributed by atoms with Gasteiger partial charge in [0.05, 0.1) is 17.5 Å². The second-order valence-electron chi connectivity index (χ2n) is 4.58. The molecule has 0 saturated heterocycles. The summed E-state index contributed by atoms with van der Waals surface area (Å²) in [6.45, 7) is 2.63. The second-order valence-corrected chi connectivity index (χ2v) is 4.58. The monoisotopic (exact) mass is 285 g/mol. The predicted octanol–water partition coefficient (Wildman–Crippen LogP) is 2.96. The van der Waals surface area contributed by atoms with Gasteiger partial charge < -0.3 is 5.11 Å². The minimum absolute atomic E-state index is 0.0266. The minimum Gasteiger partial charge on any atom is -0.478 e. The Morgan fingerprint density at radius 2 is 2.24 bits per heavy atom. The van der Waals surface area contributed by atoms with Crippen LogP contribution in [0.1, 0.15) is 17.3 Å². The highest BCUT2D eigenvalue weighted by molar-refractivity contribution is 6.03. The topological polar surface area (TPSA) is 68.0 Å². The number of para-hydroxylation sites is 1. The minimum atomic E-state index is -1.11. The lowest BCUT2D eigenvalue weighted by atomic mass is 10.1. The third-order valence-corrected chi connectivity index (χ3v) is 3.27. The summed E-state index contributed by atoms with van der Waals surface area (Å²) in [6, 6.07) is 5.73. The summed E-state index contributed by atoms with van der Waals surface area (Å²) in [4.78, 5) is 15.6. The maximum absolute atomic E-state index is 13.9. The number of hydrogen-bond acceptors (Lipinski definition) is 3. The summed E-state index contributed by atoms with van der Waals surface area (Å²) >= 11 is 0. The van der Waals surface area contributed by atoms with Crippen molar-refractivity contribution in [3.8, 4) is 11.3 Å². The number of nitrogens with zero attached hydrogens (tertiary/aromatic N) is 3. The Morgan fingerprint density at radius 1 is 1.43 bits per heavy atom. The molecular formula is C15H12FN3O2. The lowest BCUT2D eigenvalue weighted by Gasteiger charge is -2.06. The van der Waals surface area contributed by atoms with Gasteiger partial charge in [-0.05, 0) is 19.1 Å². The van der Waals surface area contributed by atoms with Crippen LogP contribution in [0.2, 0.25) is 0 Å². The van der Waals surface area contributed by atoms with Crippen LogP contribution in [0, 0.1) is 5.82 Å². The Bertz CT molecular complexity index is 842. The molecule has 6 heteroatoms. The molecule has 0 radical (unpaired) electrons. The Hall–Kier alpha value is -2.76. The Kier molecular flexibility index (Phi) is 3.13. The molecule has 5 nitrogen and oxygen atoms in total. The zero-order valence-corrected chi connectivity index (χ0v) is 11.2. The fourth-order valence-electron chi connectivity index (χ4n) is 2.21. The van der Waals surface area contributed by atoms with Crippen LogP contribution in [0.3, 0.4) is 0 Å². The van der Waals surface area contributed by atoms with Gasteiger partial charge >= 0.3 is 5.97 Å². The molecular weight excluding hydrogens is 273 g/mol. The van der Waals surface area contributed by atoms with E-state index in [4.69, 9.17) is 0 Å². The van der Waals surface area contributed by atoms with Gasteiger partial charge in [0, 0.05) is 23.7 Å². The van der Waals surface area contributed by atoms with E-state index in [9.17, 15) is 14.3 Å². The van der Waals surface area contributed by atoms with Crippen LogP contribution in [0.5, 0.6) is 0 Å². The number of aromatic carboxylic acids is 1. The van der Waals surface area contributed by atoms with Crippen LogP contribution in [0.4, 0.5) is 4.39 Å². The van der Waals surface area contributed by atoms with Gasteiger partial charge in [0.2, 0.25) is 0 Å². The number of benzene rings is 1. The third kappa shape index (κ3) is 2.24. The van der Waals surface area contributed by atoms with Crippen molar-refractivity contribution in [2.24, 2.45) is 0 Å². The molecule has 3 rings (SSSR count). The Balaban J connectivity index is 2.29. The fourth-order valence-corrected chi connectivity index (χ4v) is 2.21. The molecule has 3 aromatic rings. The standard InChI is InChI=1S/C15H12FN3O2/c1-2-19-8-9(7-17-19)13-6-11(15(20)21)10-4-3-5-12(16)14(10)18-13/h3-8H,2H2,1H3,(H,20,21). The van der Waals surface area contributed by atoms with E-state index in [1.54, 1.807) is 23.1 Å². The molecule has 0 atom stereocenters. The van der Waals surface area contributed by atoms with Crippen LogP contribution >= 0.6 is 0 Å². The van der Waals surface area contributed by atoms with Crippen LogP contribution in [-0.2, 0) is 6.54 Å². The molecule has 1 N–H and O–H groups in total. The van der Waals surface area contributed by atoms with E-state index in [1.807, 2.05) is 6.92 Å². The van der Waals surface area contributed by atoms with Crippen molar-refractivity contribution in [2.45, 2.75) is 13.5 Å². The average Bonchev–Trinajstić information content (AvgIpc) is 2.95. The van der Waals surface area contributed by atoms with Crippen molar-refractivity contribution in [1.29, 1.82) is 0 Å². The molecule has 0 saturated carbocycles. The number of aryl methyl sites for hydroxylation is 1. The number of aromatic nitrogens is 3. The zero-order chi connectivity index (χ0) is 15.0. The first-order valence-electron chi connectivity index (χ1n) is 6.45. The molecule has 2 heterocycles.